The van der Waals surface area contributed by atoms with E-state index in [1.807, 2.05) is 27.1 Å². The third-order valence-electron chi connectivity index (χ3n) is 4.83. The third kappa shape index (κ3) is 2.95. The molecular formula is C18H24N8. The summed E-state index contributed by atoms with van der Waals surface area (Å²) in [5.74, 6) is 3.62. The van der Waals surface area contributed by atoms with E-state index in [0.29, 0.717) is 0 Å². The van der Waals surface area contributed by atoms with Gasteiger partial charge in [-0.3, -0.25) is 4.68 Å². The molecule has 0 bridgehead atoms. The fraction of sp³-hybridized carbons (Fsp3) is 0.500. The molecule has 0 saturated carbocycles. The quantitative estimate of drug-likeness (QED) is 0.709. The number of aromatic nitrogens is 6. The first-order chi connectivity index (χ1) is 12.5. The predicted octanol–water partition coefficient (Wildman–Crippen LogP) is 1.66. The van der Waals surface area contributed by atoms with Crippen molar-refractivity contribution in [3.05, 3.63) is 29.6 Å². The maximum Gasteiger partial charge on any atom is 0.163 e. The lowest BCUT2D eigenvalue weighted by Gasteiger charge is -2.36. The van der Waals surface area contributed by atoms with Crippen LogP contribution in [0.15, 0.2) is 12.3 Å². The lowest BCUT2D eigenvalue weighted by molar-refractivity contribution is 0.639. The highest BCUT2D eigenvalue weighted by atomic mass is 15.3. The first-order valence-corrected chi connectivity index (χ1v) is 9.06. The van der Waals surface area contributed by atoms with Crippen LogP contribution in [-0.4, -0.2) is 55.9 Å². The van der Waals surface area contributed by atoms with E-state index >= 15 is 0 Å². The molecule has 4 rings (SSSR count). The summed E-state index contributed by atoms with van der Waals surface area (Å²) in [4.78, 5) is 23.0. The minimum absolute atomic E-state index is 0.776. The summed E-state index contributed by atoms with van der Waals surface area (Å²) in [5.41, 5.74) is 1.98. The molecule has 8 nitrogen and oxygen atoms in total. The second-order valence-corrected chi connectivity index (χ2v) is 6.69. The molecule has 0 aromatic carbocycles. The number of nitrogens with zero attached hydrogens (tertiary/aromatic N) is 8. The highest BCUT2D eigenvalue weighted by Gasteiger charge is 2.22. The van der Waals surface area contributed by atoms with Crippen LogP contribution in [0.1, 0.15) is 24.3 Å². The van der Waals surface area contributed by atoms with Crippen LogP contribution in [0.4, 0.5) is 11.6 Å². The molecular weight excluding hydrogens is 328 g/mol. The lowest BCUT2D eigenvalue weighted by atomic mass is 10.2. The Hall–Kier alpha value is -2.77. The van der Waals surface area contributed by atoms with E-state index in [0.717, 1.165) is 72.6 Å². The van der Waals surface area contributed by atoms with Crippen molar-refractivity contribution in [2.24, 2.45) is 7.05 Å². The summed E-state index contributed by atoms with van der Waals surface area (Å²) in [6.45, 7) is 9.62. The topological polar surface area (TPSA) is 75.9 Å². The van der Waals surface area contributed by atoms with Crippen LogP contribution >= 0.6 is 0 Å². The molecule has 1 aliphatic heterocycles. The summed E-state index contributed by atoms with van der Waals surface area (Å²) in [5, 5.41) is 5.36. The maximum atomic E-state index is 4.69. The fourth-order valence-electron chi connectivity index (χ4n) is 3.46. The summed E-state index contributed by atoms with van der Waals surface area (Å²) < 4.78 is 1.81. The normalized spacial score (nSPS) is 15.1. The van der Waals surface area contributed by atoms with Gasteiger partial charge < -0.3 is 9.80 Å². The van der Waals surface area contributed by atoms with Crippen molar-refractivity contribution in [2.45, 2.75) is 27.2 Å². The molecule has 3 aromatic heterocycles. The van der Waals surface area contributed by atoms with Crippen LogP contribution in [0.3, 0.4) is 0 Å². The monoisotopic (exact) mass is 352 g/mol. The van der Waals surface area contributed by atoms with Gasteiger partial charge in [0.05, 0.1) is 11.6 Å². The zero-order valence-electron chi connectivity index (χ0n) is 15.8. The largest absolute Gasteiger partial charge is 0.353 e. The molecule has 0 spiro atoms. The maximum absolute atomic E-state index is 4.69. The molecule has 4 heterocycles. The molecule has 1 aliphatic rings. The van der Waals surface area contributed by atoms with Gasteiger partial charge in [0.1, 0.15) is 23.3 Å². The van der Waals surface area contributed by atoms with Crippen molar-refractivity contribution in [2.75, 3.05) is 36.0 Å². The third-order valence-corrected chi connectivity index (χ3v) is 4.83. The van der Waals surface area contributed by atoms with Crippen LogP contribution in [-0.2, 0) is 13.5 Å². The Labute approximate surface area is 152 Å². The van der Waals surface area contributed by atoms with Crippen molar-refractivity contribution in [1.29, 1.82) is 0 Å². The molecule has 0 N–H and O–H groups in total. The van der Waals surface area contributed by atoms with E-state index in [-0.39, 0.29) is 0 Å². The van der Waals surface area contributed by atoms with Gasteiger partial charge in [-0.25, -0.2) is 19.9 Å². The van der Waals surface area contributed by atoms with E-state index in [4.69, 9.17) is 4.98 Å². The Morgan fingerprint density at radius 2 is 1.62 bits per heavy atom. The zero-order valence-corrected chi connectivity index (χ0v) is 15.8. The smallest absolute Gasteiger partial charge is 0.163 e. The van der Waals surface area contributed by atoms with Gasteiger partial charge in [0.2, 0.25) is 0 Å². The molecule has 1 saturated heterocycles. The number of hydrogen-bond donors (Lipinski definition) is 0. The predicted molar refractivity (Wildman–Crippen MR) is 102 cm³/mol. The minimum atomic E-state index is 0.776. The molecule has 0 aliphatic carbocycles. The molecule has 0 radical (unpaired) electrons. The zero-order chi connectivity index (χ0) is 18.3. The Bertz CT molecular complexity index is 940. The second kappa shape index (κ2) is 6.51. The van der Waals surface area contributed by atoms with Crippen molar-refractivity contribution in [3.63, 3.8) is 0 Å². The number of aryl methyl sites for hydroxylation is 4. The van der Waals surface area contributed by atoms with Crippen molar-refractivity contribution < 1.29 is 0 Å². The number of rotatable bonds is 3. The van der Waals surface area contributed by atoms with Gasteiger partial charge >= 0.3 is 0 Å². The lowest BCUT2D eigenvalue weighted by Crippen LogP contribution is -2.47. The van der Waals surface area contributed by atoms with Crippen LogP contribution in [0, 0.1) is 13.8 Å². The van der Waals surface area contributed by atoms with Gasteiger partial charge in [-0.2, -0.15) is 5.10 Å². The van der Waals surface area contributed by atoms with Crippen LogP contribution in [0.2, 0.25) is 0 Å². The fourth-order valence-corrected chi connectivity index (χ4v) is 3.46. The Morgan fingerprint density at radius 1 is 0.923 bits per heavy atom. The Morgan fingerprint density at radius 3 is 2.35 bits per heavy atom. The number of hydrogen-bond acceptors (Lipinski definition) is 7. The number of fused-ring (bicyclic) bond motifs is 1. The van der Waals surface area contributed by atoms with E-state index in [1.165, 1.54) is 0 Å². The van der Waals surface area contributed by atoms with Crippen molar-refractivity contribution in [1.82, 2.24) is 29.7 Å². The van der Waals surface area contributed by atoms with Gasteiger partial charge in [0.25, 0.3) is 0 Å². The van der Waals surface area contributed by atoms with Crippen LogP contribution in [0.5, 0.6) is 0 Å². The highest BCUT2D eigenvalue weighted by Crippen LogP contribution is 2.25. The Balaban J connectivity index is 1.57. The van der Waals surface area contributed by atoms with E-state index in [2.05, 4.69) is 42.8 Å². The molecule has 136 valence electrons. The van der Waals surface area contributed by atoms with E-state index in [1.54, 1.807) is 4.68 Å². The minimum Gasteiger partial charge on any atom is -0.353 e. The second-order valence-electron chi connectivity index (χ2n) is 6.69. The number of anilines is 2. The average Bonchev–Trinajstić information content (AvgIpc) is 3.01. The summed E-state index contributed by atoms with van der Waals surface area (Å²) >= 11 is 0. The van der Waals surface area contributed by atoms with Crippen molar-refractivity contribution >= 4 is 22.7 Å². The van der Waals surface area contributed by atoms with Crippen LogP contribution in [0.25, 0.3) is 11.0 Å². The van der Waals surface area contributed by atoms with E-state index in [9.17, 15) is 0 Å². The van der Waals surface area contributed by atoms with Crippen molar-refractivity contribution in [3.8, 4) is 0 Å². The van der Waals surface area contributed by atoms with Gasteiger partial charge in [0.15, 0.2) is 5.65 Å². The number of piperazine rings is 1. The molecule has 26 heavy (non-hydrogen) atoms. The van der Waals surface area contributed by atoms with Gasteiger partial charge in [-0.05, 0) is 20.3 Å². The van der Waals surface area contributed by atoms with Crippen LogP contribution < -0.4 is 9.80 Å². The first kappa shape index (κ1) is 16.7. The molecule has 0 unspecified atom stereocenters. The molecule has 1 fully saturated rings. The van der Waals surface area contributed by atoms with E-state index < -0.39 is 0 Å². The summed E-state index contributed by atoms with van der Waals surface area (Å²) in [6, 6.07) is 2.11. The van der Waals surface area contributed by atoms with Gasteiger partial charge in [0, 0.05) is 45.0 Å². The SMILES string of the molecule is CCc1cc(N2CCN(c3nc(C)nc4c3cnn4C)CC2)nc(C)n1. The molecule has 0 amide bonds. The highest BCUT2D eigenvalue weighted by molar-refractivity contribution is 5.87. The van der Waals surface area contributed by atoms with Gasteiger partial charge in [-0.15, -0.1) is 0 Å². The molecule has 3 aromatic rings. The Kier molecular flexibility index (Phi) is 4.18. The average molecular weight is 352 g/mol. The molecule has 0 atom stereocenters. The van der Waals surface area contributed by atoms with Gasteiger partial charge in [-0.1, -0.05) is 6.92 Å². The first-order valence-electron chi connectivity index (χ1n) is 9.06. The molecule has 8 heteroatoms. The summed E-state index contributed by atoms with van der Waals surface area (Å²) in [7, 11) is 1.92. The standard InChI is InChI=1S/C18H24N8/c1-5-14-10-16(21-12(2)20-14)25-6-8-26(9-7-25)18-15-11-19-24(4)17(15)22-13(3)23-18/h10-11H,5-9H2,1-4H3. The summed E-state index contributed by atoms with van der Waals surface area (Å²) in [6.07, 6.45) is 2.79.